The lowest BCUT2D eigenvalue weighted by Crippen LogP contribution is -2.41. The van der Waals surface area contributed by atoms with Crippen LogP contribution in [0.2, 0.25) is 0 Å². The first-order chi connectivity index (χ1) is 12.3. The Bertz CT molecular complexity index is 932. The Labute approximate surface area is 149 Å². The smallest absolute Gasteiger partial charge is 0.245 e. The lowest BCUT2D eigenvalue weighted by Gasteiger charge is -2.17. The van der Waals surface area contributed by atoms with Crippen molar-refractivity contribution < 1.29 is 26.7 Å². The summed E-state index contributed by atoms with van der Waals surface area (Å²) in [6.07, 6.45) is 0.209. The summed E-state index contributed by atoms with van der Waals surface area (Å²) >= 11 is 0. The number of amides is 1. The molecule has 1 fully saturated rings. The van der Waals surface area contributed by atoms with Crippen LogP contribution < -0.4 is 14.4 Å². The molecule has 2 aromatic rings. The number of carbonyl (C=O) groups excluding carboxylic acids is 1. The maximum absolute atomic E-state index is 13.8. The van der Waals surface area contributed by atoms with Crippen LogP contribution >= 0.6 is 0 Å². The molecule has 0 bridgehead atoms. The van der Waals surface area contributed by atoms with E-state index in [-0.39, 0.29) is 6.42 Å². The van der Waals surface area contributed by atoms with Gasteiger partial charge in [-0.25, -0.2) is 17.2 Å². The van der Waals surface area contributed by atoms with Crippen molar-refractivity contribution in [1.29, 1.82) is 0 Å². The molecule has 1 amide bonds. The number of hydrogen-bond donors (Lipinski definition) is 1. The van der Waals surface area contributed by atoms with Crippen molar-refractivity contribution in [1.82, 2.24) is 4.72 Å². The Hall–Kier alpha value is -2.52. The average Bonchev–Trinajstić information content (AvgIpc) is 2.97. The highest BCUT2D eigenvalue weighted by Crippen LogP contribution is 2.25. The first-order valence-corrected chi connectivity index (χ1v) is 9.23. The second kappa shape index (κ2) is 7.00. The molecule has 6 nitrogen and oxygen atoms in total. The first-order valence-electron chi connectivity index (χ1n) is 7.74. The predicted molar refractivity (Wildman–Crippen MR) is 90.4 cm³/mol. The normalized spacial score (nSPS) is 17.6. The van der Waals surface area contributed by atoms with E-state index in [0.717, 1.165) is 12.1 Å². The molecular weight excluding hydrogens is 366 g/mol. The minimum atomic E-state index is -4.38. The summed E-state index contributed by atoms with van der Waals surface area (Å²) in [7, 11) is -2.86. The zero-order valence-electron chi connectivity index (χ0n) is 13.8. The van der Waals surface area contributed by atoms with Gasteiger partial charge in [-0.05, 0) is 48.9 Å². The number of nitrogens with zero attached hydrogens (tertiary/aromatic N) is 1. The Morgan fingerprint density at radius 2 is 1.85 bits per heavy atom. The molecule has 1 aliphatic heterocycles. The summed E-state index contributed by atoms with van der Waals surface area (Å²) in [5.74, 6) is -1.81. The molecule has 1 atom stereocenters. The van der Waals surface area contributed by atoms with Crippen molar-refractivity contribution in [3.05, 3.63) is 54.1 Å². The zero-order valence-corrected chi connectivity index (χ0v) is 14.6. The quantitative estimate of drug-likeness (QED) is 0.859. The SMILES string of the molecule is COc1ccc(N2CC[C@@H](NS(=O)(=O)c3cc(F)ccc3F)C2=O)cc1. The molecule has 0 radical (unpaired) electrons. The molecule has 9 heteroatoms. The minimum absolute atomic E-state index is 0.209. The fourth-order valence-corrected chi connectivity index (χ4v) is 4.05. The number of rotatable bonds is 5. The van der Waals surface area contributed by atoms with Crippen LogP contribution in [0.1, 0.15) is 6.42 Å². The van der Waals surface area contributed by atoms with Gasteiger partial charge in [0.2, 0.25) is 15.9 Å². The zero-order chi connectivity index (χ0) is 18.9. The Morgan fingerprint density at radius 1 is 1.15 bits per heavy atom. The van der Waals surface area contributed by atoms with Gasteiger partial charge in [-0.15, -0.1) is 0 Å². The van der Waals surface area contributed by atoms with Gasteiger partial charge in [0, 0.05) is 12.2 Å². The molecule has 1 aliphatic rings. The number of nitrogens with one attached hydrogen (secondary N) is 1. The lowest BCUT2D eigenvalue weighted by molar-refractivity contribution is -0.118. The van der Waals surface area contributed by atoms with Gasteiger partial charge < -0.3 is 9.64 Å². The molecule has 1 N–H and O–H groups in total. The molecule has 2 aromatic carbocycles. The molecule has 0 unspecified atom stereocenters. The largest absolute Gasteiger partial charge is 0.497 e. The van der Waals surface area contributed by atoms with E-state index < -0.39 is 38.5 Å². The van der Waals surface area contributed by atoms with Crippen LogP contribution in [0.5, 0.6) is 5.75 Å². The molecular formula is C17H16F2N2O4S. The maximum atomic E-state index is 13.8. The molecule has 0 spiro atoms. The van der Waals surface area contributed by atoms with Gasteiger partial charge in [0.05, 0.1) is 7.11 Å². The van der Waals surface area contributed by atoms with Crippen molar-refractivity contribution in [2.45, 2.75) is 17.4 Å². The first kappa shape index (κ1) is 18.3. The van der Waals surface area contributed by atoms with Crippen molar-refractivity contribution in [3.63, 3.8) is 0 Å². The summed E-state index contributed by atoms with van der Waals surface area (Å²) in [6, 6.07) is 7.80. The molecule has 3 rings (SSSR count). The van der Waals surface area contributed by atoms with Crippen LogP contribution in [-0.4, -0.2) is 34.0 Å². The fraction of sp³-hybridized carbons (Fsp3) is 0.235. The lowest BCUT2D eigenvalue weighted by atomic mass is 10.2. The van der Waals surface area contributed by atoms with Crippen LogP contribution in [0.3, 0.4) is 0 Å². The summed E-state index contributed by atoms with van der Waals surface area (Å²) in [6.45, 7) is 0.296. The summed E-state index contributed by atoms with van der Waals surface area (Å²) in [5, 5.41) is 0. The number of ether oxygens (including phenoxy) is 1. The van der Waals surface area contributed by atoms with Gasteiger partial charge >= 0.3 is 0 Å². The van der Waals surface area contributed by atoms with Gasteiger partial charge in [-0.1, -0.05) is 0 Å². The minimum Gasteiger partial charge on any atom is -0.497 e. The molecule has 138 valence electrons. The topological polar surface area (TPSA) is 75.7 Å². The predicted octanol–water partition coefficient (Wildman–Crippen LogP) is 2.06. The van der Waals surface area contributed by atoms with E-state index in [1.807, 2.05) is 0 Å². The third kappa shape index (κ3) is 3.54. The summed E-state index contributed by atoms with van der Waals surface area (Å²) in [4.78, 5) is 13.1. The standard InChI is InChI=1S/C17H16F2N2O4S/c1-25-13-5-3-12(4-6-13)21-9-8-15(17(21)22)20-26(23,24)16-10-11(18)2-7-14(16)19/h2-7,10,15,20H,8-9H2,1H3/t15-/m1/s1. The number of carbonyl (C=O) groups is 1. The molecule has 0 aromatic heterocycles. The Kier molecular flexibility index (Phi) is 4.92. The highest BCUT2D eigenvalue weighted by molar-refractivity contribution is 7.89. The fourth-order valence-electron chi connectivity index (χ4n) is 2.74. The second-order valence-corrected chi connectivity index (χ2v) is 7.41. The van der Waals surface area contributed by atoms with E-state index in [0.29, 0.717) is 24.0 Å². The van der Waals surface area contributed by atoms with Gasteiger partial charge in [0.25, 0.3) is 0 Å². The molecule has 1 heterocycles. The van der Waals surface area contributed by atoms with E-state index >= 15 is 0 Å². The van der Waals surface area contributed by atoms with Crippen molar-refractivity contribution in [3.8, 4) is 5.75 Å². The number of methoxy groups -OCH3 is 1. The van der Waals surface area contributed by atoms with E-state index in [1.165, 1.54) is 12.0 Å². The van der Waals surface area contributed by atoms with E-state index in [9.17, 15) is 22.0 Å². The van der Waals surface area contributed by atoms with Gasteiger partial charge in [0.15, 0.2) is 0 Å². The van der Waals surface area contributed by atoms with Crippen LogP contribution in [-0.2, 0) is 14.8 Å². The van der Waals surface area contributed by atoms with Gasteiger partial charge in [-0.2, -0.15) is 4.72 Å². The summed E-state index contributed by atoms with van der Waals surface area (Å²) in [5.41, 5.74) is 0.592. The highest BCUT2D eigenvalue weighted by atomic mass is 32.2. The molecule has 0 saturated carbocycles. The number of halogens is 2. The van der Waals surface area contributed by atoms with Crippen LogP contribution in [0.4, 0.5) is 14.5 Å². The Morgan fingerprint density at radius 3 is 2.50 bits per heavy atom. The third-order valence-corrected chi connectivity index (χ3v) is 5.56. The van der Waals surface area contributed by atoms with Gasteiger partial charge in [-0.3, -0.25) is 4.79 Å². The number of anilines is 1. The van der Waals surface area contributed by atoms with Crippen molar-refractivity contribution in [2.75, 3.05) is 18.6 Å². The highest BCUT2D eigenvalue weighted by Gasteiger charge is 2.36. The Balaban J connectivity index is 1.78. The van der Waals surface area contributed by atoms with Gasteiger partial charge in [0.1, 0.15) is 28.3 Å². The maximum Gasteiger partial charge on any atom is 0.245 e. The summed E-state index contributed by atoms with van der Waals surface area (Å²) < 4.78 is 58.9. The van der Waals surface area contributed by atoms with E-state index in [2.05, 4.69) is 4.72 Å². The van der Waals surface area contributed by atoms with Crippen LogP contribution in [0, 0.1) is 11.6 Å². The molecule has 0 aliphatic carbocycles. The number of sulfonamides is 1. The molecule has 1 saturated heterocycles. The monoisotopic (exact) mass is 382 g/mol. The average molecular weight is 382 g/mol. The van der Waals surface area contributed by atoms with E-state index in [4.69, 9.17) is 4.74 Å². The second-order valence-electron chi connectivity index (χ2n) is 5.73. The van der Waals surface area contributed by atoms with Crippen LogP contribution in [0.15, 0.2) is 47.4 Å². The number of benzene rings is 2. The third-order valence-electron chi connectivity index (χ3n) is 4.07. The van der Waals surface area contributed by atoms with E-state index in [1.54, 1.807) is 24.3 Å². The molecule has 26 heavy (non-hydrogen) atoms. The van der Waals surface area contributed by atoms with Crippen molar-refractivity contribution in [2.24, 2.45) is 0 Å². The van der Waals surface area contributed by atoms with Crippen LogP contribution in [0.25, 0.3) is 0 Å². The van der Waals surface area contributed by atoms with Crippen molar-refractivity contribution >= 4 is 21.6 Å². The number of hydrogen-bond acceptors (Lipinski definition) is 4.